The average Bonchev–Trinajstić information content (AvgIpc) is 2.64. The van der Waals surface area contributed by atoms with Gasteiger partial charge in [-0.2, -0.15) is 5.10 Å². The molecule has 2 rings (SSSR count). The van der Waals surface area contributed by atoms with Gasteiger partial charge in [0.15, 0.2) is 11.6 Å². The largest absolute Gasteiger partial charge is 0.285 e. The molecule has 0 saturated carbocycles. The van der Waals surface area contributed by atoms with Crippen LogP contribution in [0.25, 0.3) is 0 Å². The lowest BCUT2D eigenvalue weighted by atomic mass is 10.1. The van der Waals surface area contributed by atoms with Crippen molar-refractivity contribution in [3.63, 3.8) is 0 Å². The molecule has 2 aromatic heterocycles. The first-order chi connectivity index (χ1) is 7.20. The fraction of sp³-hybridized carbons (Fsp3) is 0.111. The Hall–Kier alpha value is -2.11. The van der Waals surface area contributed by atoms with Crippen molar-refractivity contribution in [2.45, 2.75) is 0 Å². The van der Waals surface area contributed by atoms with E-state index >= 15 is 0 Å². The van der Waals surface area contributed by atoms with E-state index in [4.69, 9.17) is 0 Å². The predicted octanol–water partition coefficient (Wildman–Crippen LogP) is 0.580. The van der Waals surface area contributed by atoms with E-state index < -0.39 is 11.6 Å². The first-order valence-electron chi connectivity index (χ1n) is 4.18. The number of ketones is 1. The number of aromatic nitrogens is 4. The number of pyridine rings is 1. The summed E-state index contributed by atoms with van der Waals surface area (Å²) in [6.45, 7) is 0. The minimum Gasteiger partial charge on any atom is -0.285 e. The van der Waals surface area contributed by atoms with Crippen LogP contribution in [0, 0.1) is 5.82 Å². The molecule has 2 heterocycles. The Labute approximate surface area is 84.6 Å². The van der Waals surface area contributed by atoms with Gasteiger partial charge < -0.3 is 0 Å². The quantitative estimate of drug-likeness (QED) is 0.674. The van der Waals surface area contributed by atoms with E-state index in [1.54, 1.807) is 7.05 Å². The Kier molecular flexibility index (Phi) is 2.24. The highest BCUT2D eigenvalue weighted by Gasteiger charge is 2.17. The van der Waals surface area contributed by atoms with Gasteiger partial charge in [-0.25, -0.2) is 14.1 Å². The van der Waals surface area contributed by atoms with Gasteiger partial charge in [0.05, 0.1) is 11.8 Å². The molecule has 5 nitrogen and oxygen atoms in total. The predicted molar refractivity (Wildman–Crippen MR) is 48.6 cm³/mol. The van der Waals surface area contributed by atoms with Crippen LogP contribution < -0.4 is 0 Å². The van der Waals surface area contributed by atoms with Gasteiger partial charge in [-0.3, -0.25) is 9.78 Å². The zero-order valence-corrected chi connectivity index (χ0v) is 7.88. The first-order valence-corrected chi connectivity index (χ1v) is 4.18. The van der Waals surface area contributed by atoms with Crippen LogP contribution in [0.4, 0.5) is 4.39 Å². The number of rotatable bonds is 2. The molecule has 0 unspecified atom stereocenters. The van der Waals surface area contributed by atoms with Gasteiger partial charge in [0.25, 0.3) is 0 Å². The number of carbonyl (C=O) groups is 1. The Morgan fingerprint density at radius 2 is 2.33 bits per heavy atom. The highest BCUT2D eigenvalue weighted by atomic mass is 19.1. The van der Waals surface area contributed by atoms with Crippen molar-refractivity contribution in [1.29, 1.82) is 0 Å². The van der Waals surface area contributed by atoms with Gasteiger partial charge in [-0.1, -0.05) is 0 Å². The second-order valence-corrected chi connectivity index (χ2v) is 2.89. The molecule has 0 aromatic carbocycles. The molecule has 0 N–H and O–H groups in total. The molecule has 0 saturated heterocycles. The molecule has 0 aliphatic rings. The molecule has 0 radical (unpaired) electrons. The van der Waals surface area contributed by atoms with E-state index in [1.165, 1.54) is 23.3 Å². The number of aryl methyl sites for hydroxylation is 1. The summed E-state index contributed by atoms with van der Waals surface area (Å²) in [5.41, 5.74) is -0.0545. The maximum absolute atomic E-state index is 13.2. The SMILES string of the molecule is Cn1ncnc1C(=O)c1ccncc1F. The normalized spacial score (nSPS) is 10.3. The van der Waals surface area contributed by atoms with Gasteiger partial charge in [-0.05, 0) is 6.07 Å². The van der Waals surface area contributed by atoms with Crippen LogP contribution in [0.5, 0.6) is 0 Å². The highest BCUT2D eigenvalue weighted by Crippen LogP contribution is 2.09. The number of hydrogen-bond donors (Lipinski definition) is 0. The fourth-order valence-electron chi connectivity index (χ4n) is 1.18. The van der Waals surface area contributed by atoms with Crippen molar-refractivity contribution < 1.29 is 9.18 Å². The molecular formula is C9H7FN4O. The molecule has 15 heavy (non-hydrogen) atoms. The van der Waals surface area contributed by atoms with Crippen LogP contribution in [0.1, 0.15) is 16.2 Å². The number of carbonyl (C=O) groups excluding carboxylic acids is 1. The van der Waals surface area contributed by atoms with E-state index in [9.17, 15) is 9.18 Å². The topological polar surface area (TPSA) is 60.7 Å². The molecule has 0 amide bonds. The van der Waals surface area contributed by atoms with Gasteiger partial charge in [0.1, 0.15) is 6.33 Å². The zero-order chi connectivity index (χ0) is 10.8. The molecule has 0 atom stereocenters. The summed E-state index contributed by atoms with van der Waals surface area (Å²) in [6.07, 6.45) is 3.59. The van der Waals surface area contributed by atoms with Crippen LogP contribution >= 0.6 is 0 Å². The summed E-state index contributed by atoms with van der Waals surface area (Å²) >= 11 is 0. The standard InChI is InChI=1S/C9H7FN4O/c1-14-9(12-5-13-14)8(15)6-2-3-11-4-7(6)10/h2-5H,1H3. The third-order valence-electron chi connectivity index (χ3n) is 1.93. The maximum Gasteiger partial charge on any atom is 0.233 e. The Bertz CT molecular complexity index is 508. The van der Waals surface area contributed by atoms with Crippen LogP contribution in [0.15, 0.2) is 24.8 Å². The second kappa shape index (κ2) is 3.56. The summed E-state index contributed by atoms with van der Waals surface area (Å²) < 4.78 is 14.5. The lowest BCUT2D eigenvalue weighted by Crippen LogP contribution is -2.11. The van der Waals surface area contributed by atoms with Crippen LogP contribution in [-0.4, -0.2) is 25.5 Å². The van der Waals surface area contributed by atoms with Gasteiger partial charge in [0.2, 0.25) is 5.78 Å². The molecule has 2 aromatic rings. The number of halogens is 1. The summed E-state index contributed by atoms with van der Waals surface area (Å²) in [7, 11) is 1.57. The van der Waals surface area contributed by atoms with E-state index in [0.717, 1.165) is 6.20 Å². The molecular weight excluding hydrogens is 199 g/mol. The molecule has 0 bridgehead atoms. The van der Waals surface area contributed by atoms with Gasteiger partial charge >= 0.3 is 0 Å². The average molecular weight is 206 g/mol. The minimum absolute atomic E-state index is 0.0545. The van der Waals surface area contributed by atoms with Gasteiger partial charge in [-0.15, -0.1) is 0 Å². The Balaban J connectivity index is 2.46. The van der Waals surface area contributed by atoms with Crippen LogP contribution in [-0.2, 0) is 7.05 Å². The van der Waals surface area contributed by atoms with E-state index in [-0.39, 0.29) is 11.4 Å². The minimum atomic E-state index is -0.662. The Morgan fingerprint density at radius 3 is 2.93 bits per heavy atom. The number of nitrogens with zero attached hydrogens (tertiary/aromatic N) is 4. The monoisotopic (exact) mass is 206 g/mol. The second-order valence-electron chi connectivity index (χ2n) is 2.89. The van der Waals surface area contributed by atoms with E-state index in [1.807, 2.05) is 0 Å². The lowest BCUT2D eigenvalue weighted by Gasteiger charge is -2.00. The first kappa shape index (κ1) is 9.45. The fourth-order valence-corrected chi connectivity index (χ4v) is 1.18. The third kappa shape index (κ3) is 1.61. The smallest absolute Gasteiger partial charge is 0.233 e. The molecule has 6 heteroatoms. The summed E-state index contributed by atoms with van der Waals surface area (Å²) in [6, 6.07) is 1.31. The molecule has 0 aliphatic carbocycles. The Morgan fingerprint density at radius 1 is 1.53 bits per heavy atom. The third-order valence-corrected chi connectivity index (χ3v) is 1.93. The van der Waals surface area contributed by atoms with Crippen molar-refractivity contribution in [2.24, 2.45) is 7.05 Å². The van der Waals surface area contributed by atoms with Crippen molar-refractivity contribution in [3.05, 3.63) is 42.0 Å². The zero-order valence-electron chi connectivity index (χ0n) is 7.88. The molecule has 0 spiro atoms. The summed E-state index contributed by atoms with van der Waals surface area (Å²) in [5.74, 6) is -1.07. The molecule has 76 valence electrons. The van der Waals surface area contributed by atoms with Crippen molar-refractivity contribution in [1.82, 2.24) is 19.7 Å². The number of hydrogen-bond acceptors (Lipinski definition) is 4. The van der Waals surface area contributed by atoms with Crippen LogP contribution in [0.3, 0.4) is 0 Å². The van der Waals surface area contributed by atoms with Crippen molar-refractivity contribution in [2.75, 3.05) is 0 Å². The maximum atomic E-state index is 13.2. The van der Waals surface area contributed by atoms with Crippen molar-refractivity contribution in [3.8, 4) is 0 Å². The van der Waals surface area contributed by atoms with E-state index in [2.05, 4.69) is 15.1 Å². The highest BCUT2D eigenvalue weighted by molar-refractivity contribution is 6.06. The van der Waals surface area contributed by atoms with Crippen LogP contribution in [0.2, 0.25) is 0 Å². The van der Waals surface area contributed by atoms with Crippen molar-refractivity contribution >= 4 is 5.78 Å². The van der Waals surface area contributed by atoms with Gasteiger partial charge in [0, 0.05) is 13.2 Å². The molecule has 0 fully saturated rings. The lowest BCUT2D eigenvalue weighted by molar-refractivity contribution is 0.102. The molecule has 0 aliphatic heterocycles. The summed E-state index contributed by atoms with van der Waals surface area (Å²) in [4.78, 5) is 19.1. The van der Waals surface area contributed by atoms with E-state index in [0.29, 0.717) is 0 Å². The summed E-state index contributed by atoms with van der Waals surface area (Å²) in [5, 5.41) is 3.74.